The zero-order chi connectivity index (χ0) is 19.5. The predicted octanol–water partition coefficient (Wildman–Crippen LogP) is 4.08. The molecule has 0 saturated heterocycles. The summed E-state index contributed by atoms with van der Waals surface area (Å²) in [6.45, 7) is 0. The summed E-state index contributed by atoms with van der Waals surface area (Å²) in [7, 11) is 1.58. The number of para-hydroxylation sites is 1. The van der Waals surface area contributed by atoms with Gasteiger partial charge in [0, 0.05) is 16.3 Å². The van der Waals surface area contributed by atoms with Gasteiger partial charge in [0.2, 0.25) is 5.13 Å². The number of nitrogens with zero attached hydrogens (tertiary/aromatic N) is 2. The number of ether oxygens (including phenoxy) is 1. The molecule has 2 aromatic carbocycles. The zero-order valence-corrected chi connectivity index (χ0v) is 15.6. The van der Waals surface area contributed by atoms with E-state index in [4.69, 9.17) is 9.15 Å². The minimum absolute atomic E-state index is 0.136. The van der Waals surface area contributed by atoms with Crippen LogP contribution in [0.4, 0.5) is 5.13 Å². The molecule has 0 aliphatic carbocycles. The number of methoxy groups -OCH3 is 1. The Morgan fingerprint density at radius 3 is 2.93 bits per heavy atom. The Morgan fingerprint density at radius 1 is 1.25 bits per heavy atom. The molecule has 4 aromatic rings. The van der Waals surface area contributed by atoms with E-state index in [1.165, 1.54) is 17.6 Å². The van der Waals surface area contributed by atoms with Crippen molar-refractivity contribution >= 4 is 33.7 Å². The van der Waals surface area contributed by atoms with Crippen molar-refractivity contribution in [3.05, 3.63) is 69.9 Å². The van der Waals surface area contributed by atoms with Crippen LogP contribution in [0.25, 0.3) is 22.2 Å². The van der Waals surface area contributed by atoms with Crippen LogP contribution in [0.2, 0.25) is 0 Å². The Balaban J connectivity index is 1.59. The maximum atomic E-state index is 12.3. The van der Waals surface area contributed by atoms with Crippen LogP contribution in [0, 0.1) is 0 Å². The number of phenolic OH excluding ortho intramolecular Hbond substituents is 1. The van der Waals surface area contributed by atoms with Gasteiger partial charge in [-0.2, -0.15) is 5.10 Å². The first-order chi connectivity index (χ1) is 13.6. The molecule has 2 aromatic heterocycles. The van der Waals surface area contributed by atoms with Crippen molar-refractivity contribution < 1.29 is 14.3 Å². The number of rotatable bonds is 5. The first-order valence-corrected chi connectivity index (χ1v) is 9.17. The van der Waals surface area contributed by atoms with Gasteiger partial charge in [-0.15, -0.1) is 11.3 Å². The second-order valence-electron chi connectivity index (χ2n) is 5.82. The Bertz CT molecular complexity index is 1230. The van der Waals surface area contributed by atoms with Crippen molar-refractivity contribution in [1.29, 1.82) is 0 Å². The third-order valence-corrected chi connectivity index (χ3v) is 4.77. The lowest BCUT2D eigenvalue weighted by Crippen LogP contribution is -2.03. The van der Waals surface area contributed by atoms with Crippen molar-refractivity contribution in [3.8, 4) is 22.8 Å². The molecule has 28 heavy (non-hydrogen) atoms. The molecule has 4 rings (SSSR count). The number of aromatic hydroxyl groups is 1. The van der Waals surface area contributed by atoms with Crippen LogP contribution >= 0.6 is 11.3 Å². The number of hydrogen-bond acceptors (Lipinski definition) is 8. The monoisotopic (exact) mass is 393 g/mol. The number of fused-ring (bicyclic) bond motifs is 1. The van der Waals surface area contributed by atoms with E-state index in [9.17, 15) is 9.90 Å². The van der Waals surface area contributed by atoms with Crippen molar-refractivity contribution in [2.24, 2.45) is 5.10 Å². The SMILES string of the molecule is COc1ccc2oc(=O)c(-c3csc(N/N=C\c4ccccc4O)n3)cc2c1. The molecule has 0 aliphatic heterocycles. The number of benzene rings is 2. The van der Waals surface area contributed by atoms with Gasteiger partial charge in [0.05, 0.1) is 24.6 Å². The normalized spacial score (nSPS) is 11.2. The number of aromatic nitrogens is 1. The molecule has 0 unspecified atom stereocenters. The van der Waals surface area contributed by atoms with E-state index in [0.29, 0.717) is 33.3 Å². The molecule has 140 valence electrons. The lowest BCUT2D eigenvalue weighted by atomic mass is 10.1. The number of anilines is 1. The maximum absolute atomic E-state index is 12.3. The van der Waals surface area contributed by atoms with Gasteiger partial charge in [0.25, 0.3) is 0 Å². The van der Waals surface area contributed by atoms with Crippen LogP contribution in [0.5, 0.6) is 11.5 Å². The molecule has 0 atom stereocenters. The zero-order valence-electron chi connectivity index (χ0n) is 14.7. The fourth-order valence-electron chi connectivity index (χ4n) is 2.61. The van der Waals surface area contributed by atoms with Gasteiger partial charge in [-0.3, -0.25) is 5.43 Å². The molecular formula is C20H15N3O4S. The average molecular weight is 393 g/mol. The molecule has 7 nitrogen and oxygen atoms in total. The van der Waals surface area contributed by atoms with Crippen LogP contribution in [-0.2, 0) is 0 Å². The van der Waals surface area contributed by atoms with Crippen LogP contribution in [0.3, 0.4) is 0 Å². The number of hydrogen-bond donors (Lipinski definition) is 2. The first-order valence-electron chi connectivity index (χ1n) is 8.29. The van der Waals surface area contributed by atoms with Crippen LogP contribution < -0.4 is 15.8 Å². The smallest absolute Gasteiger partial charge is 0.345 e. The van der Waals surface area contributed by atoms with Gasteiger partial charge >= 0.3 is 5.63 Å². The minimum atomic E-state index is -0.466. The van der Waals surface area contributed by atoms with E-state index >= 15 is 0 Å². The standard InChI is InChI=1S/C20H15N3O4S/c1-26-14-6-7-18-13(8-14)9-15(19(25)27-18)16-11-28-20(22-16)23-21-10-12-4-2-3-5-17(12)24/h2-11,24H,1H3,(H,22,23)/b21-10-. The predicted molar refractivity (Wildman–Crippen MR) is 109 cm³/mol. The summed E-state index contributed by atoms with van der Waals surface area (Å²) >= 11 is 1.30. The van der Waals surface area contributed by atoms with Crippen LogP contribution in [0.1, 0.15) is 5.56 Å². The fourth-order valence-corrected chi connectivity index (χ4v) is 3.27. The third-order valence-electron chi connectivity index (χ3n) is 4.02. The summed E-state index contributed by atoms with van der Waals surface area (Å²) < 4.78 is 10.6. The molecular weight excluding hydrogens is 378 g/mol. The summed E-state index contributed by atoms with van der Waals surface area (Å²) in [6.07, 6.45) is 1.49. The summed E-state index contributed by atoms with van der Waals surface area (Å²) in [5.74, 6) is 0.809. The van der Waals surface area contributed by atoms with E-state index in [0.717, 1.165) is 5.39 Å². The highest BCUT2D eigenvalue weighted by molar-refractivity contribution is 7.14. The molecule has 0 amide bonds. The van der Waals surface area contributed by atoms with Gasteiger partial charge in [0.1, 0.15) is 17.1 Å². The van der Waals surface area contributed by atoms with E-state index in [1.807, 2.05) is 0 Å². The lowest BCUT2D eigenvalue weighted by Gasteiger charge is -2.03. The van der Waals surface area contributed by atoms with E-state index in [2.05, 4.69) is 15.5 Å². The highest BCUT2D eigenvalue weighted by Crippen LogP contribution is 2.27. The average Bonchev–Trinajstić information content (AvgIpc) is 3.17. The number of phenols is 1. The number of thiazole rings is 1. The number of nitrogens with one attached hydrogen (secondary N) is 1. The van der Waals surface area contributed by atoms with Crippen molar-refractivity contribution in [2.75, 3.05) is 12.5 Å². The van der Waals surface area contributed by atoms with Crippen molar-refractivity contribution in [3.63, 3.8) is 0 Å². The summed E-state index contributed by atoms with van der Waals surface area (Å²) in [5.41, 5.74) is 4.24. The van der Waals surface area contributed by atoms with Crippen molar-refractivity contribution in [1.82, 2.24) is 4.98 Å². The highest BCUT2D eigenvalue weighted by Gasteiger charge is 2.12. The lowest BCUT2D eigenvalue weighted by molar-refractivity contribution is 0.415. The van der Waals surface area contributed by atoms with Gasteiger partial charge in [-0.25, -0.2) is 9.78 Å². The molecule has 0 saturated carbocycles. The van der Waals surface area contributed by atoms with E-state index in [1.54, 1.807) is 61.0 Å². The molecule has 0 fully saturated rings. The Morgan fingerprint density at radius 2 is 2.11 bits per heavy atom. The molecule has 2 heterocycles. The Hall–Kier alpha value is -3.65. The molecule has 0 radical (unpaired) electrons. The van der Waals surface area contributed by atoms with E-state index in [-0.39, 0.29) is 5.75 Å². The quantitative estimate of drug-likeness (QED) is 0.301. The van der Waals surface area contributed by atoms with Crippen LogP contribution in [0.15, 0.2) is 68.2 Å². The summed E-state index contributed by atoms with van der Waals surface area (Å²) in [6, 6.07) is 13.8. The van der Waals surface area contributed by atoms with Crippen molar-refractivity contribution in [2.45, 2.75) is 0 Å². The Labute approximate surface area is 163 Å². The van der Waals surface area contributed by atoms with Crippen LogP contribution in [-0.4, -0.2) is 23.4 Å². The largest absolute Gasteiger partial charge is 0.507 e. The minimum Gasteiger partial charge on any atom is -0.507 e. The maximum Gasteiger partial charge on any atom is 0.345 e. The fraction of sp³-hybridized carbons (Fsp3) is 0.0500. The summed E-state index contributed by atoms with van der Waals surface area (Å²) in [5, 5.41) is 16.8. The first kappa shape index (κ1) is 17.7. The third kappa shape index (κ3) is 3.58. The molecule has 2 N–H and O–H groups in total. The van der Waals surface area contributed by atoms with Gasteiger partial charge in [-0.05, 0) is 36.4 Å². The Kier molecular flexibility index (Phi) is 4.77. The molecule has 0 spiro atoms. The molecule has 8 heteroatoms. The second kappa shape index (κ2) is 7.53. The second-order valence-corrected chi connectivity index (χ2v) is 6.68. The van der Waals surface area contributed by atoms with E-state index < -0.39 is 5.63 Å². The molecule has 0 bridgehead atoms. The van der Waals surface area contributed by atoms with Gasteiger partial charge in [-0.1, -0.05) is 12.1 Å². The highest BCUT2D eigenvalue weighted by atomic mass is 32.1. The topological polar surface area (TPSA) is 97.0 Å². The van der Waals surface area contributed by atoms with Gasteiger partial charge < -0.3 is 14.3 Å². The number of hydrazone groups is 1. The summed E-state index contributed by atoms with van der Waals surface area (Å²) in [4.78, 5) is 16.7. The molecule has 0 aliphatic rings. The van der Waals surface area contributed by atoms with Gasteiger partial charge in [0.15, 0.2) is 0 Å².